The number of nitrogens with one attached hydrogen (secondary N) is 3. The maximum Gasteiger partial charge on any atom is 0.137 e. The first-order valence-corrected chi connectivity index (χ1v) is 20.4. The highest BCUT2D eigenvalue weighted by Crippen LogP contribution is 2.29. The van der Waals surface area contributed by atoms with E-state index in [-0.39, 0.29) is 0 Å². The second kappa shape index (κ2) is 22.6. The Hall–Kier alpha value is -3.40. The standard InChI is InChI=1S/C19H28N4.C18H25N3.C4H9NO.C2H6/c1-13(2)14-5-10-18-17(11-14)19(21-12-20-18)22-15-6-8-16(9-7-15)23(3)4;1-2-3-7-14-10-11-17-16(12-14)18(20-13-19-17)21-15-8-5-4-6-9-15;1-3-6-4-2-5-1;1-2/h5,10-13,15-16H,6-9H2,1-4H3,(H,20,21,22);10-13,15H,2-9H2,1H3,(H,19,20,21);5H,1-4H2;1-2H3. The zero-order chi connectivity index (χ0) is 37.1. The molecule has 4 aromatic rings. The number of rotatable bonds is 9. The highest BCUT2D eigenvalue weighted by atomic mass is 16.5. The fourth-order valence-electron chi connectivity index (χ4n) is 7.19. The summed E-state index contributed by atoms with van der Waals surface area (Å²) < 4.78 is 5.01. The Kier molecular flexibility index (Phi) is 18.0. The molecule has 1 aliphatic heterocycles. The van der Waals surface area contributed by atoms with Crippen LogP contribution in [0.25, 0.3) is 21.8 Å². The fraction of sp³-hybridized carbons (Fsp3) is 0.628. The van der Waals surface area contributed by atoms with Gasteiger partial charge >= 0.3 is 0 Å². The Morgan fingerprint density at radius 2 is 1.33 bits per heavy atom. The summed E-state index contributed by atoms with van der Waals surface area (Å²) in [6.45, 7) is 14.5. The molecule has 0 bridgehead atoms. The van der Waals surface area contributed by atoms with E-state index in [1.807, 2.05) is 13.8 Å². The van der Waals surface area contributed by atoms with E-state index in [1.165, 1.54) is 87.1 Å². The predicted molar refractivity (Wildman–Crippen MR) is 221 cm³/mol. The second-order valence-electron chi connectivity index (χ2n) is 14.8. The number of anilines is 2. The van der Waals surface area contributed by atoms with Crippen molar-refractivity contribution in [2.75, 3.05) is 51.0 Å². The molecule has 2 saturated carbocycles. The van der Waals surface area contributed by atoms with Crippen molar-refractivity contribution in [1.82, 2.24) is 30.2 Å². The van der Waals surface area contributed by atoms with Crippen LogP contribution in [0.5, 0.6) is 0 Å². The lowest BCUT2D eigenvalue weighted by Crippen LogP contribution is -2.36. The van der Waals surface area contributed by atoms with Crippen LogP contribution in [-0.4, -0.2) is 83.4 Å². The van der Waals surface area contributed by atoms with Crippen molar-refractivity contribution in [3.63, 3.8) is 0 Å². The van der Waals surface area contributed by atoms with Crippen molar-refractivity contribution in [2.24, 2.45) is 0 Å². The number of fused-ring (bicyclic) bond motifs is 2. The summed E-state index contributed by atoms with van der Waals surface area (Å²) in [6, 6.07) is 15.0. The summed E-state index contributed by atoms with van der Waals surface area (Å²) in [4.78, 5) is 20.2. The smallest absolute Gasteiger partial charge is 0.137 e. The van der Waals surface area contributed by atoms with E-state index in [0.29, 0.717) is 18.0 Å². The number of aromatic nitrogens is 4. The first-order chi connectivity index (χ1) is 25.4. The molecule has 0 radical (unpaired) electrons. The van der Waals surface area contributed by atoms with E-state index in [1.54, 1.807) is 12.7 Å². The van der Waals surface area contributed by atoms with Gasteiger partial charge in [-0.05, 0) is 107 Å². The molecule has 2 aliphatic carbocycles. The Morgan fingerprint density at radius 1 is 0.750 bits per heavy atom. The predicted octanol–water partition coefficient (Wildman–Crippen LogP) is 9.39. The van der Waals surface area contributed by atoms with Crippen LogP contribution in [0.2, 0.25) is 0 Å². The van der Waals surface area contributed by atoms with E-state index in [2.05, 4.69) is 112 Å². The van der Waals surface area contributed by atoms with Gasteiger partial charge in [0.1, 0.15) is 24.3 Å². The highest BCUT2D eigenvalue weighted by Gasteiger charge is 2.23. The molecule has 3 N–H and O–H groups in total. The van der Waals surface area contributed by atoms with Crippen molar-refractivity contribution in [3.05, 3.63) is 60.2 Å². The monoisotopic (exact) mass is 713 g/mol. The summed E-state index contributed by atoms with van der Waals surface area (Å²) >= 11 is 0. The third kappa shape index (κ3) is 12.9. The number of morpholine rings is 1. The third-order valence-electron chi connectivity index (χ3n) is 10.4. The number of benzene rings is 2. The molecule has 7 rings (SSSR count). The molecule has 0 spiro atoms. The molecule has 0 amide bonds. The van der Waals surface area contributed by atoms with Gasteiger partial charge in [-0.2, -0.15) is 0 Å². The summed E-state index contributed by atoms with van der Waals surface area (Å²) in [7, 11) is 4.37. The minimum absolute atomic E-state index is 0.517. The second-order valence-corrected chi connectivity index (χ2v) is 14.8. The van der Waals surface area contributed by atoms with E-state index < -0.39 is 0 Å². The van der Waals surface area contributed by atoms with Crippen LogP contribution in [0.3, 0.4) is 0 Å². The van der Waals surface area contributed by atoms with E-state index >= 15 is 0 Å². The highest BCUT2D eigenvalue weighted by molar-refractivity contribution is 5.90. The number of hydrogen-bond donors (Lipinski definition) is 3. The molecule has 52 heavy (non-hydrogen) atoms. The maximum absolute atomic E-state index is 5.01. The van der Waals surface area contributed by atoms with Crippen LogP contribution in [0, 0.1) is 0 Å². The summed E-state index contributed by atoms with van der Waals surface area (Å²) in [5.41, 5.74) is 4.80. The van der Waals surface area contributed by atoms with Gasteiger partial charge in [-0.3, -0.25) is 0 Å². The average molecular weight is 713 g/mol. The molecular weight excluding hydrogens is 645 g/mol. The zero-order valence-electron chi connectivity index (χ0n) is 33.4. The molecule has 3 fully saturated rings. The van der Waals surface area contributed by atoms with Gasteiger partial charge in [0.05, 0.1) is 24.2 Å². The molecule has 9 nitrogen and oxygen atoms in total. The SMILES string of the molecule is C1COCCN1.CC.CC(C)c1ccc2ncnc(NC3CCC(N(C)C)CC3)c2c1.CCCCc1ccc2ncnc(NC3CCCCC3)c2c1. The van der Waals surface area contributed by atoms with Gasteiger partial charge in [0, 0.05) is 42.0 Å². The number of nitrogens with zero attached hydrogens (tertiary/aromatic N) is 5. The molecule has 2 aromatic carbocycles. The van der Waals surface area contributed by atoms with Crippen molar-refractivity contribution in [2.45, 2.75) is 136 Å². The molecule has 286 valence electrons. The first kappa shape index (κ1) is 41.4. The van der Waals surface area contributed by atoms with Crippen molar-refractivity contribution in [3.8, 4) is 0 Å². The minimum Gasteiger partial charge on any atom is -0.379 e. The van der Waals surface area contributed by atoms with Gasteiger partial charge in [-0.1, -0.05) is 72.4 Å². The third-order valence-corrected chi connectivity index (χ3v) is 10.4. The van der Waals surface area contributed by atoms with Gasteiger partial charge in [-0.25, -0.2) is 19.9 Å². The first-order valence-electron chi connectivity index (χ1n) is 20.4. The summed E-state index contributed by atoms with van der Waals surface area (Å²) in [6.07, 6.45) is 18.5. The van der Waals surface area contributed by atoms with Crippen molar-refractivity contribution < 1.29 is 4.74 Å². The molecule has 0 unspecified atom stereocenters. The van der Waals surface area contributed by atoms with Gasteiger partial charge in [0.15, 0.2) is 0 Å². The Bertz CT molecular complexity index is 1570. The van der Waals surface area contributed by atoms with Crippen molar-refractivity contribution >= 4 is 33.4 Å². The Morgan fingerprint density at radius 3 is 1.85 bits per heavy atom. The summed E-state index contributed by atoms with van der Waals surface area (Å²) in [5.74, 6) is 2.53. The molecule has 9 heteroatoms. The van der Waals surface area contributed by atoms with E-state index in [9.17, 15) is 0 Å². The lowest BCUT2D eigenvalue weighted by Gasteiger charge is -2.33. The Labute approximate surface area is 314 Å². The van der Waals surface area contributed by atoms with E-state index in [0.717, 1.165) is 66.8 Å². The topological polar surface area (TPSA) is 100 Å². The Balaban J connectivity index is 0.000000193. The number of unbranched alkanes of at least 4 members (excludes halogenated alkanes) is 1. The summed E-state index contributed by atoms with van der Waals surface area (Å²) in [5, 5.41) is 12.8. The van der Waals surface area contributed by atoms with E-state index in [4.69, 9.17) is 4.74 Å². The number of hydrogen-bond acceptors (Lipinski definition) is 9. The quantitative estimate of drug-likeness (QED) is 0.157. The number of aryl methyl sites for hydroxylation is 1. The van der Waals surface area contributed by atoms with Gasteiger partial charge in [0.25, 0.3) is 0 Å². The molecule has 3 heterocycles. The lowest BCUT2D eigenvalue weighted by molar-refractivity contribution is 0.109. The average Bonchev–Trinajstić information content (AvgIpc) is 3.20. The van der Waals surface area contributed by atoms with Crippen LogP contribution >= 0.6 is 0 Å². The van der Waals surface area contributed by atoms with Crippen LogP contribution in [0.15, 0.2) is 49.1 Å². The van der Waals surface area contributed by atoms with Crippen LogP contribution in [0.1, 0.15) is 122 Å². The van der Waals surface area contributed by atoms with Gasteiger partial charge < -0.3 is 25.6 Å². The molecular formula is C43H68N8O. The normalized spacial score (nSPS) is 19.2. The minimum atomic E-state index is 0.517. The number of ether oxygens (including phenoxy) is 1. The fourth-order valence-corrected chi connectivity index (χ4v) is 7.19. The van der Waals surface area contributed by atoms with Crippen molar-refractivity contribution in [1.29, 1.82) is 0 Å². The molecule has 1 saturated heterocycles. The van der Waals surface area contributed by atoms with Crippen LogP contribution in [-0.2, 0) is 11.2 Å². The maximum atomic E-state index is 5.01. The molecule has 2 aromatic heterocycles. The van der Waals surface area contributed by atoms with Crippen LogP contribution in [0.4, 0.5) is 11.6 Å². The van der Waals surface area contributed by atoms with Gasteiger partial charge in [0.2, 0.25) is 0 Å². The van der Waals surface area contributed by atoms with Gasteiger partial charge in [-0.15, -0.1) is 0 Å². The van der Waals surface area contributed by atoms with Crippen LogP contribution < -0.4 is 16.0 Å². The molecule has 3 aliphatic rings. The largest absolute Gasteiger partial charge is 0.379 e. The lowest BCUT2D eigenvalue weighted by atomic mass is 9.90. The molecule has 0 atom stereocenters. The zero-order valence-corrected chi connectivity index (χ0v) is 33.4.